The van der Waals surface area contributed by atoms with Crippen molar-refractivity contribution < 1.29 is 4.74 Å². The van der Waals surface area contributed by atoms with Gasteiger partial charge in [0.05, 0.1) is 7.11 Å². The molecule has 1 aromatic carbocycles. The van der Waals surface area contributed by atoms with Gasteiger partial charge < -0.3 is 4.74 Å². The predicted octanol–water partition coefficient (Wildman–Crippen LogP) is 3.87. The summed E-state index contributed by atoms with van der Waals surface area (Å²) < 4.78 is 5.17. The SMILES string of the molecule is COc1ccc([P])c(C(C)(C)C)c1.Cl.Cl. The first kappa shape index (κ1) is 17.4. The molecule has 0 aliphatic rings. The van der Waals surface area contributed by atoms with Crippen molar-refractivity contribution in [3.05, 3.63) is 23.8 Å². The minimum absolute atomic E-state index is 0. The lowest BCUT2D eigenvalue weighted by Crippen LogP contribution is -2.18. The molecule has 86 valence electrons. The van der Waals surface area contributed by atoms with Gasteiger partial charge in [-0.05, 0) is 43.7 Å². The first-order chi connectivity index (χ1) is 5.95. The van der Waals surface area contributed by atoms with Crippen LogP contribution in [0.15, 0.2) is 18.2 Å². The zero-order chi connectivity index (χ0) is 10.1. The van der Waals surface area contributed by atoms with Gasteiger partial charge in [-0.15, -0.1) is 24.8 Å². The Morgan fingerprint density at radius 1 is 1.13 bits per heavy atom. The van der Waals surface area contributed by atoms with Gasteiger partial charge in [-0.3, -0.25) is 0 Å². The van der Waals surface area contributed by atoms with Gasteiger partial charge >= 0.3 is 0 Å². The van der Waals surface area contributed by atoms with Crippen LogP contribution in [0.4, 0.5) is 0 Å². The van der Waals surface area contributed by atoms with Crippen LogP contribution in [0.5, 0.6) is 5.75 Å². The lowest BCUT2D eigenvalue weighted by molar-refractivity contribution is 0.413. The van der Waals surface area contributed by atoms with Crippen molar-refractivity contribution in [3.63, 3.8) is 0 Å². The molecule has 0 saturated carbocycles. The van der Waals surface area contributed by atoms with Crippen molar-refractivity contribution in [1.82, 2.24) is 0 Å². The first-order valence-electron chi connectivity index (χ1n) is 4.32. The Hall–Kier alpha value is 0.0300. The van der Waals surface area contributed by atoms with E-state index in [4.69, 9.17) is 4.74 Å². The van der Waals surface area contributed by atoms with E-state index in [1.807, 2.05) is 18.2 Å². The van der Waals surface area contributed by atoms with Crippen LogP contribution in [0, 0.1) is 0 Å². The summed E-state index contributed by atoms with van der Waals surface area (Å²) in [6.07, 6.45) is 0. The molecule has 0 heterocycles. The van der Waals surface area contributed by atoms with Gasteiger partial charge in [-0.25, -0.2) is 0 Å². The standard InChI is InChI=1S/C11H15OP.2ClH/c1-11(2,3)9-7-8(12-4)5-6-10(9)13;;/h5-7H,1-4H3;2*1H. The van der Waals surface area contributed by atoms with E-state index in [2.05, 4.69) is 30.0 Å². The van der Waals surface area contributed by atoms with E-state index in [0.29, 0.717) is 0 Å². The molecule has 1 nitrogen and oxygen atoms in total. The summed E-state index contributed by atoms with van der Waals surface area (Å²) in [5.41, 5.74) is 1.33. The summed E-state index contributed by atoms with van der Waals surface area (Å²) in [4.78, 5) is 0. The Labute approximate surface area is 107 Å². The highest BCUT2D eigenvalue weighted by Crippen LogP contribution is 2.25. The van der Waals surface area contributed by atoms with Crippen LogP contribution in [0.1, 0.15) is 26.3 Å². The molecular formula is C11H17Cl2OP. The maximum atomic E-state index is 5.17. The Bertz CT molecular complexity index is 308. The second kappa shape index (κ2) is 6.58. The second-order valence-electron chi connectivity index (χ2n) is 4.13. The molecule has 1 rings (SSSR count). The molecule has 0 amide bonds. The third-order valence-electron chi connectivity index (χ3n) is 2.01. The molecule has 0 atom stereocenters. The Morgan fingerprint density at radius 2 is 1.67 bits per heavy atom. The molecule has 0 saturated heterocycles. The van der Waals surface area contributed by atoms with Crippen LogP contribution in [0.3, 0.4) is 0 Å². The van der Waals surface area contributed by atoms with Crippen molar-refractivity contribution in [1.29, 1.82) is 0 Å². The Kier molecular flexibility index (Phi) is 7.64. The number of halogens is 2. The molecule has 0 bridgehead atoms. The maximum Gasteiger partial charge on any atom is 0.119 e. The molecule has 2 radical (unpaired) electrons. The van der Waals surface area contributed by atoms with E-state index in [-0.39, 0.29) is 30.2 Å². The van der Waals surface area contributed by atoms with Crippen LogP contribution in [-0.2, 0) is 5.41 Å². The fourth-order valence-corrected chi connectivity index (χ4v) is 1.72. The maximum absolute atomic E-state index is 5.17. The van der Waals surface area contributed by atoms with Crippen LogP contribution in [-0.4, -0.2) is 7.11 Å². The minimum atomic E-state index is 0. The molecule has 4 heteroatoms. The Morgan fingerprint density at radius 3 is 2.07 bits per heavy atom. The number of hydrogen-bond acceptors (Lipinski definition) is 1. The van der Waals surface area contributed by atoms with E-state index >= 15 is 0 Å². The average molecular weight is 267 g/mol. The van der Waals surface area contributed by atoms with Crippen molar-refractivity contribution in [2.45, 2.75) is 26.2 Å². The van der Waals surface area contributed by atoms with Gasteiger partial charge in [0.15, 0.2) is 0 Å². The third-order valence-corrected chi connectivity index (χ3v) is 2.40. The lowest BCUT2D eigenvalue weighted by atomic mass is 9.87. The van der Waals surface area contributed by atoms with E-state index in [1.165, 1.54) is 5.56 Å². The average Bonchev–Trinajstić information content (AvgIpc) is 2.03. The van der Waals surface area contributed by atoms with Crippen molar-refractivity contribution in [2.24, 2.45) is 0 Å². The molecule has 0 N–H and O–H groups in total. The largest absolute Gasteiger partial charge is 0.497 e. The predicted molar refractivity (Wildman–Crippen MR) is 72.7 cm³/mol. The number of ether oxygens (including phenoxy) is 1. The monoisotopic (exact) mass is 266 g/mol. The number of rotatable bonds is 1. The fourth-order valence-electron chi connectivity index (χ4n) is 1.24. The summed E-state index contributed by atoms with van der Waals surface area (Å²) in [6, 6.07) is 5.95. The van der Waals surface area contributed by atoms with Crippen molar-refractivity contribution in [3.8, 4) is 5.75 Å². The van der Waals surface area contributed by atoms with Crippen LogP contribution < -0.4 is 10.0 Å². The zero-order valence-corrected chi connectivity index (χ0v) is 11.9. The highest BCUT2D eigenvalue weighted by molar-refractivity contribution is 7.27. The molecule has 0 fully saturated rings. The lowest BCUT2D eigenvalue weighted by Gasteiger charge is -2.21. The minimum Gasteiger partial charge on any atom is -0.497 e. The summed E-state index contributed by atoms with van der Waals surface area (Å²) in [5, 5.41) is 1.02. The topological polar surface area (TPSA) is 9.23 Å². The van der Waals surface area contributed by atoms with Gasteiger partial charge in [-0.2, -0.15) is 0 Å². The van der Waals surface area contributed by atoms with Gasteiger partial charge in [0, 0.05) is 0 Å². The molecule has 0 unspecified atom stereocenters. The van der Waals surface area contributed by atoms with Gasteiger partial charge in [0.1, 0.15) is 5.75 Å². The highest BCUT2D eigenvalue weighted by Gasteiger charge is 2.16. The molecule has 0 spiro atoms. The smallest absolute Gasteiger partial charge is 0.119 e. The quantitative estimate of drug-likeness (QED) is 0.702. The van der Waals surface area contributed by atoms with Gasteiger partial charge in [0.2, 0.25) is 0 Å². The van der Waals surface area contributed by atoms with E-state index in [9.17, 15) is 0 Å². The molecule has 0 aliphatic heterocycles. The Balaban J connectivity index is 0. The third kappa shape index (κ3) is 4.59. The summed E-state index contributed by atoms with van der Waals surface area (Å²) in [7, 11) is 6.10. The van der Waals surface area contributed by atoms with Crippen LogP contribution in [0.2, 0.25) is 0 Å². The summed E-state index contributed by atoms with van der Waals surface area (Å²) in [5.74, 6) is 0.891. The van der Waals surface area contributed by atoms with E-state index in [1.54, 1.807) is 7.11 Å². The summed E-state index contributed by atoms with van der Waals surface area (Å²) in [6.45, 7) is 6.50. The second-order valence-corrected chi connectivity index (χ2v) is 4.61. The molecule has 15 heavy (non-hydrogen) atoms. The number of benzene rings is 1. The number of hydrogen-bond donors (Lipinski definition) is 0. The van der Waals surface area contributed by atoms with Crippen molar-refractivity contribution in [2.75, 3.05) is 7.11 Å². The van der Waals surface area contributed by atoms with Crippen molar-refractivity contribution >= 4 is 39.4 Å². The zero-order valence-electron chi connectivity index (χ0n) is 9.40. The van der Waals surface area contributed by atoms with Gasteiger partial charge in [0.25, 0.3) is 0 Å². The van der Waals surface area contributed by atoms with Crippen LogP contribution >= 0.6 is 34.1 Å². The van der Waals surface area contributed by atoms with Gasteiger partial charge in [-0.1, -0.05) is 20.8 Å². The molecule has 0 aliphatic carbocycles. The number of methoxy groups -OCH3 is 1. The highest BCUT2D eigenvalue weighted by atomic mass is 35.5. The van der Waals surface area contributed by atoms with E-state index in [0.717, 1.165) is 11.1 Å². The van der Waals surface area contributed by atoms with E-state index < -0.39 is 0 Å². The molecule has 1 aromatic rings. The normalized spacial score (nSPS) is 9.93. The first-order valence-corrected chi connectivity index (χ1v) is 4.77. The fraction of sp³-hybridized carbons (Fsp3) is 0.455. The molecular weight excluding hydrogens is 250 g/mol. The molecule has 0 aromatic heterocycles. The van der Waals surface area contributed by atoms with Crippen LogP contribution in [0.25, 0.3) is 0 Å². The summed E-state index contributed by atoms with van der Waals surface area (Å²) >= 11 is 0.